The Labute approximate surface area is 145 Å². The average molecular weight is 334 g/mol. The minimum atomic E-state index is 0.284. The van der Waals surface area contributed by atoms with E-state index in [4.69, 9.17) is 4.74 Å². The van der Waals surface area contributed by atoms with Crippen molar-refractivity contribution in [3.8, 4) is 5.75 Å². The lowest BCUT2D eigenvalue weighted by Gasteiger charge is -2.37. The van der Waals surface area contributed by atoms with Crippen LogP contribution < -0.4 is 10.2 Å². The number of nitrogens with one attached hydrogen (secondary N) is 1. The van der Waals surface area contributed by atoms with Crippen LogP contribution in [0.25, 0.3) is 0 Å². The molecule has 0 aliphatic carbocycles. The molecule has 1 fully saturated rings. The summed E-state index contributed by atoms with van der Waals surface area (Å²) in [4.78, 5) is 8.86. The SMILES string of the molecule is CN=C(NCCCOC(C)C)N1CCN(c2ccccc2O)CC1. The predicted molar refractivity (Wildman–Crippen MR) is 99.0 cm³/mol. The number of hydrogen-bond acceptors (Lipinski definition) is 4. The van der Waals surface area contributed by atoms with E-state index >= 15 is 0 Å². The summed E-state index contributed by atoms with van der Waals surface area (Å²) in [6.07, 6.45) is 1.25. The van der Waals surface area contributed by atoms with Gasteiger partial charge in [-0.3, -0.25) is 4.99 Å². The molecule has 134 valence electrons. The molecule has 0 unspecified atom stereocenters. The van der Waals surface area contributed by atoms with Crippen molar-refractivity contribution < 1.29 is 9.84 Å². The fourth-order valence-electron chi connectivity index (χ4n) is 2.81. The molecule has 1 aliphatic rings. The molecule has 6 nitrogen and oxygen atoms in total. The van der Waals surface area contributed by atoms with Crippen LogP contribution in [-0.4, -0.2) is 68.4 Å². The molecule has 24 heavy (non-hydrogen) atoms. The van der Waals surface area contributed by atoms with Crippen LogP contribution in [0.1, 0.15) is 20.3 Å². The summed E-state index contributed by atoms with van der Waals surface area (Å²) in [5.74, 6) is 1.29. The maximum atomic E-state index is 9.99. The van der Waals surface area contributed by atoms with Crippen molar-refractivity contribution in [2.24, 2.45) is 4.99 Å². The third-order valence-electron chi connectivity index (χ3n) is 4.07. The first-order valence-electron chi connectivity index (χ1n) is 8.72. The number of aliphatic imine (C=N–C) groups is 1. The highest BCUT2D eigenvalue weighted by molar-refractivity contribution is 5.80. The number of guanidine groups is 1. The van der Waals surface area contributed by atoms with Crippen molar-refractivity contribution in [1.29, 1.82) is 0 Å². The molecule has 0 saturated carbocycles. The first kappa shape index (κ1) is 18.4. The van der Waals surface area contributed by atoms with Crippen LogP contribution >= 0.6 is 0 Å². The third kappa shape index (κ3) is 5.30. The van der Waals surface area contributed by atoms with E-state index in [-0.39, 0.29) is 6.10 Å². The topological polar surface area (TPSA) is 60.3 Å². The Morgan fingerprint density at radius 2 is 1.96 bits per heavy atom. The molecule has 0 atom stereocenters. The van der Waals surface area contributed by atoms with E-state index in [1.54, 1.807) is 6.07 Å². The summed E-state index contributed by atoms with van der Waals surface area (Å²) in [5.41, 5.74) is 0.908. The Morgan fingerprint density at radius 3 is 2.58 bits per heavy atom. The van der Waals surface area contributed by atoms with Gasteiger partial charge in [-0.15, -0.1) is 0 Å². The quantitative estimate of drug-likeness (QED) is 0.473. The van der Waals surface area contributed by atoms with E-state index in [9.17, 15) is 5.11 Å². The van der Waals surface area contributed by atoms with Gasteiger partial charge < -0.3 is 25.0 Å². The van der Waals surface area contributed by atoms with Gasteiger partial charge >= 0.3 is 0 Å². The van der Waals surface area contributed by atoms with Crippen molar-refractivity contribution >= 4 is 11.6 Å². The molecule has 1 aliphatic heterocycles. The zero-order valence-electron chi connectivity index (χ0n) is 15.0. The van der Waals surface area contributed by atoms with E-state index in [1.807, 2.05) is 25.2 Å². The van der Waals surface area contributed by atoms with E-state index in [0.29, 0.717) is 5.75 Å². The second-order valence-electron chi connectivity index (χ2n) is 6.21. The summed E-state index contributed by atoms with van der Waals surface area (Å²) in [7, 11) is 1.82. The molecule has 0 aromatic heterocycles. The van der Waals surface area contributed by atoms with Crippen molar-refractivity contribution in [3.05, 3.63) is 24.3 Å². The van der Waals surface area contributed by atoms with Gasteiger partial charge in [0.05, 0.1) is 11.8 Å². The maximum absolute atomic E-state index is 9.99. The molecule has 1 aromatic carbocycles. The van der Waals surface area contributed by atoms with Crippen LogP contribution in [0.3, 0.4) is 0 Å². The number of ether oxygens (including phenoxy) is 1. The van der Waals surface area contributed by atoms with Crippen LogP contribution in [0.4, 0.5) is 5.69 Å². The van der Waals surface area contributed by atoms with Crippen LogP contribution in [0.5, 0.6) is 5.75 Å². The van der Waals surface area contributed by atoms with E-state index in [0.717, 1.165) is 57.4 Å². The number of phenols is 1. The Kier molecular flexibility index (Phi) is 7.18. The zero-order chi connectivity index (χ0) is 17.4. The molecule has 0 amide bonds. The van der Waals surface area contributed by atoms with Crippen LogP contribution in [0.15, 0.2) is 29.3 Å². The van der Waals surface area contributed by atoms with Gasteiger partial charge in [0.25, 0.3) is 0 Å². The first-order valence-corrected chi connectivity index (χ1v) is 8.72. The van der Waals surface area contributed by atoms with Crippen molar-refractivity contribution in [1.82, 2.24) is 10.2 Å². The molecule has 1 heterocycles. The number of hydrogen-bond donors (Lipinski definition) is 2. The van der Waals surface area contributed by atoms with E-state index in [2.05, 4.69) is 34.0 Å². The Balaban J connectivity index is 1.77. The minimum Gasteiger partial charge on any atom is -0.506 e. The van der Waals surface area contributed by atoms with Gasteiger partial charge in [-0.1, -0.05) is 12.1 Å². The summed E-state index contributed by atoms with van der Waals surface area (Å²) in [6.45, 7) is 9.24. The number of phenolic OH excluding ortho intramolecular Hbond substituents is 1. The molecule has 2 rings (SSSR count). The second kappa shape index (κ2) is 9.37. The lowest BCUT2D eigenvalue weighted by atomic mass is 10.2. The Morgan fingerprint density at radius 1 is 1.25 bits per heavy atom. The molecule has 1 aromatic rings. The van der Waals surface area contributed by atoms with Gasteiger partial charge in [-0.05, 0) is 32.4 Å². The number of nitrogens with zero attached hydrogens (tertiary/aromatic N) is 3. The van der Waals surface area contributed by atoms with Gasteiger partial charge in [0.2, 0.25) is 0 Å². The fraction of sp³-hybridized carbons (Fsp3) is 0.611. The van der Waals surface area contributed by atoms with E-state index in [1.165, 1.54) is 0 Å². The molecular weight excluding hydrogens is 304 g/mol. The number of para-hydroxylation sites is 2. The standard InChI is InChI=1S/C18H30N4O2/c1-15(2)24-14-6-9-20-18(19-3)22-12-10-21(11-13-22)16-7-4-5-8-17(16)23/h4-5,7-8,15,23H,6,9-14H2,1-3H3,(H,19,20). The highest BCUT2D eigenvalue weighted by Crippen LogP contribution is 2.27. The molecular formula is C18H30N4O2. The Hall–Kier alpha value is -1.95. The number of benzene rings is 1. The van der Waals surface area contributed by atoms with Gasteiger partial charge in [0.1, 0.15) is 5.75 Å². The second-order valence-corrected chi connectivity index (χ2v) is 6.21. The number of aromatic hydroxyl groups is 1. The zero-order valence-corrected chi connectivity index (χ0v) is 15.0. The smallest absolute Gasteiger partial charge is 0.193 e. The molecule has 6 heteroatoms. The van der Waals surface area contributed by atoms with Crippen molar-refractivity contribution in [2.45, 2.75) is 26.4 Å². The average Bonchev–Trinajstić information content (AvgIpc) is 2.59. The number of anilines is 1. The normalized spacial score (nSPS) is 15.9. The van der Waals surface area contributed by atoms with E-state index < -0.39 is 0 Å². The van der Waals surface area contributed by atoms with Gasteiger partial charge in [-0.25, -0.2) is 0 Å². The van der Waals surface area contributed by atoms with Gasteiger partial charge in [0.15, 0.2) is 5.96 Å². The number of piperazine rings is 1. The highest BCUT2D eigenvalue weighted by atomic mass is 16.5. The monoisotopic (exact) mass is 334 g/mol. The Bertz CT molecular complexity index is 526. The minimum absolute atomic E-state index is 0.284. The number of rotatable bonds is 6. The van der Waals surface area contributed by atoms with Gasteiger partial charge in [-0.2, -0.15) is 0 Å². The molecule has 0 radical (unpaired) electrons. The van der Waals surface area contributed by atoms with Crippen molar-refractivity contribution in [3.63, 3.8) is 0 Å². The van der Waals surface area contributed by atoms with Crippen LogP contribution in [0, 0.1) is 0 Å². The maximum Gasteiger partial charge on any atom is 0.193 e. The fourth-order valence-corrected chi connectivity index (χ4v) is 2.81. The summed E-state index contributed by atoms with van der Waals surface area (Å²) < 4.78 is 5.55. The highest BCUT2D eigenvalue weighted by Gasteiger charge is 2.21. The predicted octanol–water partition coefficient (Wildman–Crippen LogP) is 1.90. The summed E-state index contributed by atoms with van der Waals surface area (Å²) >= 11 is 0. The molecule has 1 saturated heterocycles. The van der Waals surface area contributed by atoms with Crippen LogP contribution in [0.2, 0.25) is 0 Å². The third-order valence-corrected chi connectivity index (χ3v) is 4.07. The summed E-state index contributed by atoms with van der Waals surface area (Å²) in [6, 6.07) is 7.51. The lowest BCUT2D eigenvalue weighted by molar-refractivity contribution is 0.0775. The molecule has 0 spiro atoms. The molecule has 2 N–H and O–H groups in total. The largest absolute Gasteiger partial charge is 0.506 e. The van der Waals surface area contributed by atoms with Crippen molar-refractivity contribution in [2.75, 3.05) is 51.3 Å². The summed E-state index contributed by atoms with van der Waals surface area (Å²) in [5, 5.41) is 13.4. The van der Waals surface area contributed by atoms with Crippen LogP contribution in [-0.2, 0) is 4.74 Å². The first-order chi connectivity index (χ1) is 11.6. The molecule has 0 bridgehead atoms. The van der Waals surface area contributed by atoms with Gasteiger partial charge in [0, 0.05) is 46.4 Å². The lowest BCUT2D eigenvalue weighted by Crippen LogP contribution is -2.52.